The van der Waals surface area contributed by atoms with E-state index in [1.54, 1.807) is 6.07 Å². The molecule has 0 unspecified atom stereocenters. The average molecular weight is 319 g/mol. The van der Waals surface area contributed by atoms with Crippen molar-refractivity contribution >= 4 is 15.9 Å². The lowest BCUT2D eigenvalue weighted by molar-refractivity contribution is 0.0368. The van der Waals surface area contributed by atoms with E-state index in [-0.39, 0.29) is 19.0 Å². The zero-order valence-corrected chi connectivity index (χ0v) is 12.4. The van der Waals surface area contributed by atoms with Crippen LogP contribution in [0.25, 0.3) is 0 Å². The highest BCUT2D eigenvalue weighted by atomic mass is 79.9. The van der Waals surface area contributed by atoms with E-state index in [4.69, 9.17) is 0 Å². The van der Waals surface area contributed by atoms with Gasteiger partial charge in [0.05, 0.1) is 17.7 Å². The smallest absolute Gasteiger partial charge is 0.137 e. The molecule has 0 bridgehead atoms. The van der Waals surface area contributed by atoms with Gasteiger partial charge < -0.3 is 10.2 Å². The van der Waals surface area contributed by atoms with Crippen molar-refractivity contribution < 1.29 is 14.6 Å². The van der Waals surface area contributed by atoms with E-state index in [0.717, 1.165) is 5.56 Å². The van der Waals surface area contributed by atoms with Gasteiger partial charge in [0.15, 0.2) is 0 Å². The molecule has 0 heterocycles. The maximum atomic E-state index is 13.5. The molecule has 0 saturated carbocycles. The van der Waals surface area contributed by atoms with Gasteiger partial charge in [-0.3, -0.25) is 0 Å². The summed E-state index contributed by atoms with van der Waals surface area (Å²) < 4.78 is 13.9. The van der Waals surface area contributed by atoms with Crippen LogP contribution in [0.15, 0.2) is 22.7 Å². The predicted molar refractivity (Wildman–Crippen MR) is 73.9 cm³/mol. The van der Waals surface area contributed by atoms with Gasteiger partial charge in [-0.1, -0.05) is 26.0 Å². The van der Waals surface area contributed by atoms with Gasteiger partial charge in [-0.15, -0.1) is 0 Å². The van der Waals surface area contributed by atoms with Crippen LogP contribution in [0.3, 0.4) is 0 Å². The third-order valence-electron chi connectivity index (χ3n) is 3.11. The van der Waals surface area contributed by atoms with Crippen LogP contribution in [0.4, 0.5) is 4.39 Å². The van der Waals surface area contributed by atoms with Crippen molar-refractivity contribution in [3.8, 4) is 0 Å². The summed E-state index contributed by atoms with van der Waals surface area (Å²) in [5.41, 5.74) is 0.184. The molecule has 0 amide bonds. The van der Waals surface area contributed by atoms with Gasteiger partial charge >= 0.3 is 0 Å². The standard InChI is InChI=1S/C14H20BrFO2/c1-10(2)6-14(8-17,9-18)7-11-4-3-5-12(16)13(11)15/h3-5,10,17-18H,6-9H2,1-2H3. The van der Waals surface area contributed by atoms with E-state index in [1.165, 1.54) is 6.07 Å². The molecule has 0 atom stereocenters. The van der Waals surface area contributed by atoms with Gasteiger partial charge in [0.2, 0.25) is 0 Å². The Morgan fingerprint density at radius 3 is 2.39 bits per heavy atom. The lowest BCUT2D eigenvalue weighted by Crippen LogP contribution is -2.34. The number of aliphatic hydroxyl groups excluding tert-OH is 2. The fourth-order valence-electron chi connectivity index (χ4n) is 2.32. The van der Waals surface area contributed by atoms with Crippen LogP contribution in [0, 0.1) is 17.2 Å². The minimum atomic E-state index is -0.593. The highest BCUT2D eigenvalue weighted by Gasteiger charge is 2.31. The van der Waals surface area contributed by atoms with Gasteiger partial charge in [0.25, 0.3) is 0 Å². The Bertz CT molecular complexity index is 389. The summed E-state index contributed by atoms with van der Waals surface area (Å²) in [6, 6.07) is 4.84. The van der Waals surface area contributed by atoms with Crippen molar-refractivity contribution in [2.75, 3.05) is 13.2 Å². The molecule has 0 aromatic heterocycles. The molecule has 0 radical (unpaired) electrons. The van der Waals surface area contributed by atoms with Crippen molar-refractivity contribution in [1.29, 1.82) is 0 Å². The maximum absolute atomic E-state index is 13.5. The van der Waals surface area contributed by atoms with Gasteiger partial charge in [-0.05, 0) is 46.3 Å². The number of aliphatic hydroxyl groups is 2. The van der Waals surface area contributed by atoms with Gasteiger partial charge in [0.1, 0.15) is 5.82 Å². The molecule has 4 heteroatoms. The molecule has 0 aliphatic rings. The monoisotopic (exact) mass is 318 g/mol. The molecule has 102 valence electrons. The Hall–Kier alpha value is -0.450. The molecule has 0 saturated heterocycles. The molecule has 0 fully saturated rings. The molecule has 1 rings (SSSR count). The van der Waals surface area contributed by atoms with E-state index in [0.29, 0.717) is 23.2 Å². The van der Waals surface area contributed by atoms with E-state index >= 15 is 0 Å². The SMILES string of the molecule is CC(C)CC(CO)(CO)Cc1cccc(F)c1Br. The highest BCUT2D eigenvalue weighted by Crippen LogP contribution is 2.33. The summed E-state index contributed by atoms with van der Waals surface area (Å²) in [6.07, 6.45) is 1.15. The van der Waals surface area contributed by atoms with Gasteiger partial charge in [0, 0.05) is 5.41 Å². The fraction of sp³-hybridized carbons (Fsp3) is 0.571. The second-order valence-corrected chi connectivity index (χ2v) is 6.10. The Kier molecular flexibility index (Phi) is 5.76. The summed E-state index contributed by atoms with van der Waals surface area (Å²) in [5.74, 6) is 0.0402. The Balaban J connectivity index is 2.99. The zero-order valence-electron chi connectivity index (χ0n) is 10.8. The van der Waals surface area contributed by atoms with Crippen LogP contribution in [-0.2, 0) is 6.42 Å². The molecule has 0 aliphatic heterocycles. The largest absolute Gasteiger partial charge is 0.396 e. The summed E-state index contributed by atoms with van der Waals surface area (Å²) in [6.45, 7) is 3.87. The minimum Gasteiger partial charge on any atom is -0.396 e. The van der Waals surface area contributed by atoms with Crippen molar-refractivity contribution in [1.82, 2.24) is 0 Å². The topological polar surface area (TPSA) is 40.5 Å². The number of hydrogen-bond donors (Lipinski definition) is 2. The summed E-state index contributed by atoms with van der Waals surface area (Å²) >= 11 is 3.22. The molecular weight excluding hydrogens is 299 g/mol. The number of hydrogen-bond acceptors (Lipinski definition) is 2. The van der Waals surface area contributed by atoms with Crippen LogP contribution in [0.2, 0.25) is 0 Å². The lowest BCUT2D eigenvalue weighted by atomic mass is 9.76. The molecule has 2 N–H and O–H groups in total. The minimum absolute atomic E-state index is 0.107. The molecule has 18 heavy (non-hydrogen) atoms. The first-order chi connectivity index (χ1) is 8.44. The van der Waals surface area contributed by atoms with E-state index < -0.39 is 5.41 Å². The second kappa shape index (κ2) is 6.64. The molecule has 1 aromatic rings. The summed E-state index contributed by atoms with van der Waals surface area (Å²) in [7, 11) is 0. The molecule has 0 aliphatic carbocycles. The quantitative estimate of drug-likeness (QED) is 0.846. The van der Waals surface area contributed by atoms with Crippen LogP contribution in [0.5, 0.6) is 0 Å². The van der Waals surface area contributed by atoms with Crippen molar-refractivity contribution in [3.63, 3.8) is 0 Å². The highest BCUT2D eigenvalue weighted by molar-refractivity contribution is 9.10. The maximum Gasteiger partial charge on any atom is 0.137 e. The predicted octanol–water partition coefficient (Wildman–Crippen LogP) is 3.15. The summed E-state index contributed by atoms with van der Waals surface area (Å²) in [4.78, 5) is 0. The van der Waals surface area contributed by atoms with Gasteiger partial charge in [-0.25, -0.2) is 4.39 Å². The number of rotatable bonds is 6. The van der Waals surface area contributed by atoms with Crippen molar-refractivity contribution in [2.24, 2.45) is 11.3 Å². The van der Waals surface area contributed by atoms with Crippen LogP contribution < -0.4 is 0 Å². The normalized spacial score (nSPS) is 12.2. The molecular formula is C14H20BrFO2. The Morgan fingerprint density at radius 1 is 1.28 bits per heavy atom. The van der Waals surface area contributed by atoms with Crippen molar-refractivity contribution in [3.05, 3.63) is 34.1 Å². The molecule has 2 nitrogen and oxygen atoms in total. The van der Waals surface area contributed by atoms with E-state index in [2.05, 4.69) is 15.9 Å². The van der Waals surface area contributed by atoms with Gasteiger partial charge in [-0.2, -0.15) is 0 Å². The number of benzene rings is 1. The van der Waals surface area contributed by atoms with Crippen molar-refractivity contribution in [2.45, 2.75) is 26.7 Å². The Morgan fingerprint density at radius 2 is 1.89 bits per heavy atom. The molecule has 1 aromatic carbocycles. The Labute approximate surface area is 116 Å². The third kappa shape index (κ3) is 3.77. The van der Waals surface area contributed by atoms with E-state index in [1.807, 2.05) is 19.9 Å². The van der Waals surface area contributed by atoms with Crippen LogP contribution >= 0.6 is 15.9 Å². The zero-order chi connectivity index (χ0) is 13.8. The van der Waals surface area contributed by atoms with E-state index in [9.17, 15) is 14.6 Å². The summed E-state index contributed by atoms with van der Waals surface area (Å²) in [5, 5.41) is 19.2. The third-order valence-corrected chi connectivity index (χ3v) is 4.00. The first kappa shape index (κ1) is 15.6. The first-order valence-corrected chi connectivity index (χ1v) is 6.88. The average Bonchev–Trinajstić information content (AvgIpc) is 2.33. The second-order valence-electron chi connectivity index (χ2n) is 5.30. The van der Waals surface area contributed by atoms with Crippen LogP contribution in [-0.4, -0.2) is 23.4 Å². The first-order valence-electron chi connectivity index (χ1n) is 6.09. The fourth-order valence-corrected chi connectivity index (χ4v) is 2.72. The number of halogens is 2. The molecule has 0 spiro atoms. The van der Waals surface area contributed by atoms with Crippen LogP contribution in [0.1, 0.15) is 25.8 Å². The lowest BCUT2D eigenvalue weighted by Gasteiger charge is -2.32.